The van der Waals surface area contributed by atoms with Crippen LogP contribution in [-0.2, 0) is 11.2 Å². The number of benzene rings is 1. The number of halogens is 2. The molecule has 13 nitrogen and oxygen atoms in total. The zero-order chi connectivity index (χ0) is 29.4. The molecule has 4 aromatic heterocycles. The van der Waals surface area contributed by atoms with Gasteiger partial charge in [0.15, 0.2) is 0 Å². The van der Waals surface area contributed by atoms with Gasteiger partial charge in [0.25, 0.3) is 5.56 Å². The lowest BCUT2D eigenvalue weighted by molar-refractivity contribution is 0.186. The average molecular weight is 592 g/mol. The zero-order valence-electron chi connectivity index (χ0n) is 22.1. The second-order valence-corrected chi connectivity index (χ2v) is 9.91. The molecule has 15 heteroatoms. The highest BCUT2D eigenvalue weighted by Gasteiger charge is 2.30. The van der Waals surface area contributed by atoms with Gasteiger partial charge in [-0.1, -0.05) is 23.7 Å². The molecule has 6 rings (SSSR count). The van der Waals surface area contributed by atoms with Gasteiger partial charge >= 0.3 is 6.09 Å². The molecule has 0 saturated heterocycles. The standard InChI is InChI=1S/C27H23ClFN9O4/c1-42-10-9-36(27(40)41)17-5-7-20(30-13-17)23-25(29)33-26(32-23)21-8-6-16-11-15(12-22(39)38(16)21)18-3-2-4-19(28)24(18)37-14-31-34-35-37/h2-5,7,11-14,21H,6,8-10H2,1H3,(H,32,33)(H,40,41)/t21-/m0/s1. The molecule has 0 aliphatic carbocycles. The highest BCUT2D eigenvalue weighted by Crippen LogP contribution is 2.35. The third-order valence-corrected chi connectivity index (χ3v) is 7.36. The normalized spacial score (nSPS) is 14.2. The highest BCUT2D eigenvalue weighted by molar-refractivity contribution is 6.33. The predicted molar refractivity (Wildman–Crippen MR) is 149 cm³/mol. The first kappa shape index (κ1) is 27.2. The Kier molecular flexibility index (Phi) is 7.22. The average Bonchev–Trinajstić information content (AvgIpc) is 3.73. The summed E-state index contributed by atoms with van der Waals surface area (Å²) in [6, 6.07) is 11.2. The number of methoxy groups -OCH3 is 1. The van der Waals surface area contributed by atoms with Crippen LogP contribution in [0.25, 0.3) is 28.2 Å². The van der Waals surface area contributed by atoms with Gasteiger partial charge in [-0.25, -0.2) is 9.78 Å². The molecule has 0 fully saturated rings. The van der Waals surface area contributed by atoms with Crippen molar-refractivity contribution in [2.45, 2.75) is 18.9 Å². The number of para-hydroxylation sites is 1. The number of nitrogens with zero attached hydrogens (tertiary/aromatic N) is 8. The number of aryl methyl sites for hydroxylation is 1. The Bertz CT molecular complexity index is 1820. The van der Waals surface area contributed by atoms with E-state index in [1.807, 2.05) is 12.1 Å². The summed E-state index contributed by atoms with van der Waals surface area (Å²) in [4.78, 5) is 37.5. The largest absolute Gasteiger partial charge is 0.465 e. The molecule has 1 amide bonds. The van der Waals surface area contributed by atoms with Gasteiger partial charge in [-0.05, 0) is 53.1 Å². The molecule has 2 N–H and O–H groups in total. The monoisotopic (exact) mass is 591 g/mol. The molecule has 1 aliphatic heterocycles. The number of amides is 1. The fourth-order valence-corrected chi connectivity index (χ4v) is 5.42. The number of aromatic amines is 1. The minimum absolute atomic E-state index is 0.0292. The SMILES string of the molecule is COCCN(C(=O)O)c1ccc(-c2nc([C@@H]3CCc4cc(-c5cccc(Cl)c5-n5cnnn5)cc(=O)n43)[nH]c2F)nc1. The number of hydrogen-bond donors (Lipinski definition) is 2. The van der Waals surface area contributed by atoms with Crippen LogP contribution in [0, 0.1) is 5.95 Å². The Labute approximate surface area is 242 Å². The lowest BCUT2D eigenvalue weighted by atomic mass is 10.0. The van der Waals surface area contributed by atoms with Gasteiger partial charge in [0.05, 0.1) is 47.5 Å². The Balaban J connectivity index is 1.31. The van der Waals surface area contributed by atoms with Crippen LogP contribution in [0.2, 0.25) is 5.02 Å². The number of fused-ring (bicyclic) bond motifs is 1. The van der Waals surface area contributed by atoms with Crippen molar-refractivity contribution in [3.05, 3.63) is 87.8 Å². The summed E-state index contributed by atoms with van der Waals surface area (Å²) in [6.45, 7) is 0.316. The fraction of sp³-hybridized carbons (Fsp3) is 0.222. The molecular weight excluding hydrogens is 569 g/mol. The molecule has 5 aromatic rings. The summed E-state index contributed by atoms with van der Waals surface area (Å²) in [5.41, 5.74) is 2.86. The maximum absolute atomic E-state index is 15.1. The Morgan fingerprint density at radius 2 is 2.14 bits per heavy atom. The van der Waals surface area contributed by atoms with E-state index >= 15 is 4.39 Å². The molecule has 0 radical (unpaired) electrons. The number of carboxylic acid groups (broad SMARTS) is 1. The van der Waals surface area contributed by atoms with Gasteiger partial charge in [0.2, 0.25) is 5.95 Å². The summed E-state index contributed by atoms with van der Waals surface area (Å²) in [5.74, 6) is -0.422. The van der Waals surface area contributed by atoms with E-state index in [1.54, 1.807) is 16.7 Å². The first-order valence-corrected chi connectivity index (χ1v) is 13.2. The van der Waals surface area contributed by atoms with Gasteiger partial charge < -0.3 is 19.4 Å². The van der Waals surface area contributed by atoms with E-state index in [4.69, 9.17) is 16.3 Å². The van der Waals surface area contributed by atoms with Crippen molar-refractivity contribution in [3.8, 4) is 28.2 Å². The van der Waals surface area contributed by atoms with E-state index in [1.165, 1.54) is 42.5 Å². The molecule has 214 valence electrons. The maximum Gasteiger partial charge on any atom is 0.411 e. The van der Waals surface area contributed by atoms with E-state index in [-0.39, 0.29) is 35.9 Å². The van der Waals surface area contributed by atoms with E-state index in [9.17, 15) is 14.7 Å². The van der Waals surface area contributed by atoms with Gasteiger partial charge in [-0.15, -0.1) is 5.10 Å². The highest BCUT2D eigenvalue weighted by atomic mass is 35.5. The molecule has 0 spiro atoms. The minimum Gasteiger partial charge on any atom is -0.465 e. The molecule has 5 heterocycles. The number of nitrogens with one attached hydrogen (secondary N) is 1. The second kappa shape index (κ2) is 11.1. The quantitative estimate of drug-likeness (QED) is 0.274. The van der Waals surface area contributed by atoms with Gasteiger partial charge in [-0.3, -0.25) is 14.7 Å². The molecule has 0 unspecified atom stereocenters. The van der Waals surface area contributed by atoms with Crippen molar-refractivity contribution >= 4 is 23.4 Å². The molecule has 1 aliphatic rings. The van der Waals surface area contributed by atoms with Crippen LogP contribution < -0.4 is 10.5 Å². The van der Waals surface area contributed by atoms with E-state index in [2.05, 4.69) is 30.5 Å². The Morgan fingerprint density at radius 1 is 1.29 bits per heavy atom. The molecule has 0 saturated carbocycles. The second-order valence-electron chi connectivity index (χ2n) is 9.50. The Morgan fingerprint density at radius 3 is 2.86 bits per heavy atom. The van der Waals surface area contributed by atoms with Crippen molar-refractivity contribution in [2.75, 3.05) is 25.2 Å². The third kappa shape index (κ3) is 4.90. The summed E-state index contributed by atoms with van der Waals surface area (Å²) in [7, 11) is 1.48. The van der Waals surface area contributed by atoms with E-state index in [0.29, 0.717) is 40.4 Å². The number of aromatic nitrogens is 8. The topological polar surface area (TPSA) is 157 Å². The fourth-order valence-electron chi connectivity index (χ4n) is 5.15. The number of pyridine rings is 2. The summed E-state index contributed by atoms with van der Waals surface area (Å²) in [5, 5.41) is 21.2. The third-order valence-electron chi connectivity index (χ3n) is 7.06. The van der Waals surface area contributed by atoms with Gasteiger partial charge in [0, 0.05) is 24.4 Å². The van der Waals surface area contributed by atoms with Crippen LogP contribution in [-0.4, -0.2) is 71.2 Å². The molecule has 42 heavy (non-hydrogen) atoms. The molecule has 1 aromatic carbocycles. The van der Waals surface area contributed by atoms with Crippen LogP contribution in [0.15, 0.2) is 59.8 Å². The molecule has 1 atom stereocenters. The zero-order valence-corrected chi connectivity index (χ0v) is 22.9. The van der Waals surface area contributed by atoms with E-state index < -0.39 is 18.1 Å². The molecular formula is C27H23ClFN9O4. The van der Waals surface area contributed by atoms with Gasteiger partial charge in [0.1, 0.15) is 17.8 Å². The maximum atomic E-state index is 15.1. The van der Waals surface area contributed by atoms with Crippen molar-refractivity contribution in [1.82, 2.24) is 39.7 Å². The number of imidazole rings is 1. The number of ether oxygens (including phenoxy) is 1. The first-order chi connectivity index (χ1) is 20.4. The summed E-state index contributed by atoms with van der Waals surface area (Å²) >= 11 is 6.47. The van der Waals surface area contributed by atoms with Crippen LogP contribution in [0.1, 0.15) is 24.0 Å². The summed E-state index contributed by atoms with van der Waals surface area (Å²) in [6.07, 6.45) is 2.69. The lowest BCUT2D eigenvalue weighted by Gasteiger charge is -2.18. The summed E-state index contributed by atoms with van der Waals surface area (Å²) < 4.78 is 23.1. The predicted octanol–water partition coefficient (Wildman–Crippen LogP) is 3.74. The first-order valence-electron chi connectivity index (χ1n) is 12.8. The van der Waals surface area contributed by atoms with Crippen molar-refractivity contribution < 1.29 is 19.0 Å². The number of hydrogen-bond acceptors (Lipinski definition) is 8. The number of carbonyl (C=O) groups is 1. The van der Waals surface area contributed by atoms with Crippen LogP contribution >= 0.6 is 11.6 Å². The Hall–Kier alpha value is -4.95. The number of tetrazole rings is 1. The number of rotatable bonds is 8. The smallest absolute Gasteiger partial charge is 0.411 e. The van der Waals surface area contributed by atoms with Crippen LogP contribution in [0.4, 0.5) is 14.9 Å². The van der Waals surface area contributed by atoms with Crippen molar-refractivity contribution in [3.63, 3.8) is 0 Å². The van der Waals surface area contributed by atoms with Crippen molar-refractivity contribution in [1.29, 1.82) is 0 Å². The van der Waals surface area contributed by atoms with E-state index in [0.717, 1.165) is 10.6 Å². The molecule has 0 bridgehead atoms. The lowest BCUT2D eigenvalue weighted by Crippen LogP contribution is -2.32. The van der Waals surface area contributed by atoms with Crippen LogP contribution in [0.3, 0.4) is 0 Å². The number of anilines is 1. The van der Waals surface area contributed by atoms with Gasteiger partial charge in [-0.2, -0.15) is 9.07 Å². The van der Waals surface area contributed by atoms with Crippen molar-refractivity contribution in [2.24, 2.45) is 0 Å². The number of H-pyrrole nitrogens is 1. The minimum atomic E-state index is -1.16. The van der Waals surface area contributed by atoms with Crippen LogP contribution in [0.5, 0.6) is 0 Å².